The third-order valence-electron chi connectivity index (χ3n) is 4.89. The van der Waals surface area contributed by atoms with Crippen molar-refractivity contribution in [3.8, 4) is 11.5 Å². The zero-order chi connectivity index (χ0) is 22.7. The van der Waals surface area contributed by atoms with Gasteiger partial charge in [0.25, 0.3) is 11.7 Å². The Hall–Kier alpha value is -2.68. The molecule has 1 aromatic heterocycles. The first kappa shape index (κ1) is 23.0. The zero-order valence-corrected chi connectivity index (χ0v) is 18.6. The largest absolute Gasteiger partial charge is 0.507 e. The topological polar surface area (TPSA) is 98.4 Å². The van der Waals surface area contributed by atoms with Crippen LogP contribution in [-0.2, 0) is 14.3 Å². The Morgan fingerprint density at radius 3 is 2.48 bits per heavy atom. The highest BCUT2D eigenvalue weighted by Crippen LogP contribution is 2.47. The number of benzene rings is 1. The fraction of sp³-hybridized carbons (Fsp3) is 0.333. The molecule has 166 valence electrons. The van der Waals surface area contributed by atoms with E-state index in [1.807, 2.05) is 0 Å². The number of amides is 1. The van der Waals surface area contributed by atoms with Crippen LogP contribution in [0.1, 0.15) is 23.8 Å². The molecular formula is C21H21Cl2NO7. The molecule has 0 aliphatic carbocycles. The molecule has 1 saturated heterocycles. The summed E-state index contributed by atoms with van der Waals surface area (Å²) < 4.78 is 21.0. The van der Waals surface area contributed by atoms with E-state index in [0.29, 0.717) is 18.8 Å². The lowest BCUT2D eigenvalue weighted by atomic mass is 9.98. The number of Topliss-reactive ketones (excluding diaryl/α,β-unsaturated/α-hetero) is 1. The van der Waals surface area contributed by atoms with Crippen molar-refractivity contribution in [2.75, 3.05) is 34.5 Å². The summed E-state index contributed by atoms with van der Waals surface area (Å²) in [7, 11) is 4.27. The SMILES string of the molecule is COCCCN1C(=O)C(=O)/C(=C(\O)c2cc(Cl)c(OC)c(Cl)c2OC)C1c1ccco1. The fourth-order valence-electron chi connectivity index (χ4n) is 3.52. The number of ketones is 1. The third-order valence-corrected chi connectivity index (χ3v) is 5.52. The van der Waals surface area contributed by atoms with Gasteiger partial charge in [-0.2, -0.15) is 0 Å². The number of aliphatic hydroxyl groups is 1. The standard InChI is InChI=1S/C21H21Cl2NO7/c1-28-8-5-7-24-16(13-6-4-9-31-13)14(18(26)21(24)27)17(25)11-10-12(22)20(30-3)15(23)19(11)29-2/h4,6,9-10,16,25H,5,7-8H2,1-3H3/b17-14-. The molecule has 1 unspecified atom stereocenters. The van der Waals surface area contributed by atoms with Gasteiger partial charge in [-0.3, -0.25) is 9.59 Å². The monoisotopic (exact) mass is 469 g/mol. The minimum Gasteiger partial charge on any atom is -0.507 e. The highest BCUT2D eigenvalue weighted by atomic mass is 35.5. The molecule has 3 rings (SSSR count). The molecule has 1 aliphatic heterocycles. The van der Waals surface area contributed by atoms with Crippen molar-refractivity contribution in [3.05, 3.63) is 51.4 Å². The van der Waals surface area contributed by atoms with E-state index >= 15 is 0 Å². The Morgan fingerprint density at radius 2 is 1.90 bits per heavy atom. The minimum absolute atomic E-state index is 0.0166. The van der Waals surface area contributed by atoms with Crippen LogP contribution < -0.4 is 9.47 Å². The summed E-state index contributed by atoms with van der Waals surface area (Å²) in [6.07, 6.45) is 1.91. The molecule has 31 heavy (non-hydrogen) atoms. The Bertz CT molecular complexity index is 1020. The van der Waals surface area contributed by atoms with Crippen LogP contribution in [0.4, 0.5) is 0 Å². The van der Waals surface area contributed by atoms with E-state index in [9.17, 15) is 14.7 Å². The highest BCUT2D eigenvalue weighted by Gasteiger charge is 2.47. The van der Waals surface area contributed by atoms with Gasteiger partial charge in [0.15, 0.2) is 11.5 Å². The van der Waals surface area contributed by atoms with E-state index in [4.69, 9.17) is 41.8 Å². The average molecular weight is 470 g/mol. The van der Waals surface area contributed by atoms with Crippen LogP contribution in [0.15, 0.2) is 34.5 Å². The maximum atomic E-state index is 12.9. The predicted octanol–water partition coefficient (Wildman–Crippen LogP) is 4.06. The highest BCUT2D eigenvalue weighted by molar-refractivity contribution is 6.47. The molecule has 0 saturated carbocycles. The number of rotatable bonds is 8. The predicted molar refractivity (Wildman–Crippen MR) is 114 cm³/mol. The van der Waals surface area contributed by atoms with Crippen molar-refractivity contribution >= 4 is 40.7 Å². The molecule has 1 N–H and O–H groups in total. The number of furan rings is 1. The number of hydrogen-bond acceptors (Lipinski definition) is 7. The Labute approximate surface area is 188 Å². The van der Waals surface area contributed by atoms with Gasteiger partial charge in [-0.1, -0.05) is 23.2 Å². The molecule has 1 fully saturated rings. The average Bonchev–Trinajstić information content (AvgIpc) is 3.36. The quantitative estimate of drug-likeness (QED) is 0.269. The number of ether oxygens (including phenoxy) is 3. The number of carbonyl (C=O) groups excluding carboxylic acids is 2. The minimum atomic E-state index is -0.934. The maximum Gasteiger partial charge on any atom is 0.295 e. The van der Waals surface area contributed by atoms with Gasteiger partial charge in [-0.05, 0) is 24.6 Å². The van der Waals surface area contributed by atoms with E-state index in [0.717, 1.165) is 0 Å². The summed E-state index contributed by atoms with van der Waals surface area (Å²) in [5, 5.41) is 11.3. The summed E-state index contributed by atoms with van der Waals surface area (Å²) in [4.78, 5) is 27.1. The van der Waals surface area contributed by atoms with Crippen molar-refractivity contribution in [2.24, 2.45) is 0 Å². The number of likely N-dealkylation sites (tertiary alicyclic amines) is 1. The number of aliphatic hydroxyl groups excluding tert-OH is 1. The van der Waals surface area contributed by atoms with Gasteiger partial charge in [-0.25, -0.2) is 0 Å². The van der Waals surface area contributed by atoms with Gasteiger partial charge in [0.1, 0.15) is 22.6 Å². The number of nitrogens with zero attached hydrogens (tertiary/aromatic N) is 1. The number of methoxy groups -OCH3 is 3. The van der Waals surface area contributed by atoms with Crippen molar-refractivity contribution < 1.29 is 33.3 Å². The number of carbonyl (C=O) groups is 2. The van der Waals surface area contributed by atoms with Crippen LogP contribution >= 0.6 is 23.2 Å². The molecule has 2 aromatic rings. The molecular weight excluding hydrogens is 449 g/mol. The van der Waals surface area contributed by atoms with Gasteiger partial charge >= 0.3 is 0 Å². The molecule has 10 heteroatoms. The summed E-state index contributed by atoms with van der Waals surface area (Å²) >= 11 is 12.6. The second-order valence-corrected chi connectivity index (χ2v) is 7.43. The Kier molecular flexibility index (Phi) is 7.15. The zero-order valence-electron chi connectivity index (χ0n) is 17.1. The lowest BCUT2D eigenvalue weighted by molar-refractivity contribution is -0.140. The molecule has 1 aromatic carbocycles. The second kappa shape index (κ2) is 9.64. The van der Waals surface area contributed by atoms with E-state index < -0.39 is 23.5 Å². The first-order chi connectivity index (χ1) is 14.9. The van der Waals surface area contributed by atoms with Gasteiger partial charge in [0.2, 0.25) is 0 Å². The van der Waals surface area contributed by atoms with Crippen LogP contribution in [0, 0.1) is 0 Å². The normalized spacial score (nSPS) is 18.0. The summed E-state index contributed by atoms with van der Waals surface area (Å²) in [5.74, 6) is -1.59. The van der Waals surface area contributed by atoms with E-state index in [-0.39, 0.29) is 39.2 Å². The molecule has 1 amide bonds. The van der Waals surface area contributed by atoms with Gasteiger partial charge in [0.05, 0.1) is 36.6 Å². The van der Waals surface area contributed by atoms with Gasteiger partial charge < -0.3 is 28.6 Å². The van der Waals surface area contributed by atoms with Crippen molar-refractivity contribution in [1.29, 1.82) is 0 Å². The van der Waals surface area contributed by atoms with Crippen LogP contribution in [0.25, 0.3) is 5.76 Å². The first-order valence-electron chi connectivity index (χ1n) is 9.28. The molecule has 8 nitrogen and oxygen atoms in total. The fourth-order valence-corrected chi connectivity index (χ4v) is 4.21. The lowest BCUT2D eigenvalue weighted by Crippen LogP contribution is -2.31. The molecule has 0 bridgehead atoms. The van der Waals surface area contributed by atoms with Crippen LogP contribution in [0.5, 0.6) is 11.5 Å². The van der Waals surface area contributed by atoms with Crippen LogP contribution in [0.3, 0.4) is 0 Å². The molecule has 2 heterocycles. The van der Waals surface area contributed by atoms with E-state index in [1.165, 1.54) is 31.4 Å². The third kappa shape index (κ3) is 4.11. The first-order valence-corrected chi connectivity index (χ1v) is 10.0. The number of halogens is 2. The summed E-state index contributed by atoms with van der Waals surface area (Å²) in [5.41, 5.74) is -0.113. The van der Waals surface area contributed by atoms with Crippen molar-refractivity contribution in [1.82, 2.24) is 4.90 Å². The maximum absolute atomic E-state index is 12.9. The lowest BCUT2D eigenvalue weighted by Gasteiger charge is -2.23. The molecule has 0 radical (unpaired) electrons. The second-order valence-electron chi connectivity index (χ2n) is 6.64. The smallest absolute Gasteiger partial charge is 0.295 e. The van der Waals surface area contributed by atoms with E-state index in [2.05, 4.69) is 0 Å². The summed E-state index contributed by atoms with van der Waals surface area (Å²) in [6, 6.07) is 3.68. The Morgan fingerprint density at radius 1 is 1.19 bits per heavy atom. The van der Waals surface area contributed by atoms with Gasteiger partial charge in [0, 0.05) is 20.3 Å². The van der Waals surface area contributed by atoms with Crippen LogP contribution in [-0.4, -0.2) is 56.2 Å². The van der Waals surface area contributed by atoms with Crippen molar-refractivity contribution in [3.63, 3.8) is 0 Å². The number of hydrogen-bond donors (Lipinski definition) is 1. The molecule has 1 aliphatic rings. The molecule has 0 spiro atoms. The van der Waals surface area contributed by atoms with E-state index in [1.54, 1.807) is 19.2 Å². The summed E-state index contributed by atoms with van der Waals surface area (Å²) in [6.45, 7) is 0.618. The van der Waals surface area contributed by atoms with Crippen LogP contribution in [0.2, 0.25) is 10.0 Å². The van der Waals surface area contributed by atoms with Crippen molar-refractivity contribution in [2.45, 2.75) is 12.5 Å². The molecule has 1 atom stereocenters. The Balaban J connectivity index is 2.20. The van der Waals surface area contributed by atoms with Gasteiger partial charge in [-0.15, -0.1) is 0 Å².